The molecule has 4 nitrogen and oxygen atoms in total. The van der Waals surface area contributed by atoms with Crippen molar-refractivity contribution in [1.82, 2.24) is 0 Å². The molecule has 0 saturated carbocycles. The van der Waals surface area contributed by atoms with Gasteiger partial charge in [-0.25, -0.2) is 0 Å². The van der Waals surface area contributed by atoms with Crippen LogP contribution in [0.4, 0.5) is 11.4 Å². The second kappa shape index (κ2) is 4.41. The molecule has 0 saturated heterocycles. The predicted octanol–water partition coefficient (Wildman–Crippen LogP) is 2.67. The minimum absolute atomic E-state index is 0.0874. The van der Waals surface area contributed by atoms with Gasteiger partial charge in [-0.1, -0.05) is 18.7 Å². The van der Waals surface area contributed by atoms with E-state index in [1.165, 1.54) is 6.08 Å². The molecule has 1 aromatic carbocycles. The quantitative estimate of drug-likeness (QED) is 0.589. The van der Waals surface area contributed by atoms with Gasteiger partial charge in [0, 0.05) is 6.54 Å². The van der Waals surface area contributed by atoms with E-state index in [0.29, 0.717) is 17.8 Å². The molecule has 0 aromatic heterocycles. The van der Waals surface area contributed by atoms with E-state index in [4.69, 9.17) is 0 Å². The normalized spacial score (nSPS) is 9.50. The third kappa shape index (κ3) is 1.90. The van der Waals surface area contributed by atoms with E-state index in [1.807, 2.05) is 6.92 Å². The van der Waals surface area contributed by atoms with Crippen molar-refractivity contribution >= 4 is 17.5 Å². The number of benzene rings is 1. The Morgan fingerprint density at radius 3 is 2.86 bits per heavy atom. The predicted molar refractivity (Wildman–Crippen MR) is 57.4 cm³/mol. The van der Waals surface area contributed by atoms with Gasteiger partial charge in [-0.15, -0.1) is 0 Å². The fourth-order valence-electron chi connectivity index (χ4n) is 1.26. The van der Waals surface area contributed by atoms with E-state index in [-0.39, 0.29) is 5.69 Å². The average Bonchev–Trinajstić information content (AvgIpc) is 2.17. The number of hydrogen-bond donors (Lipinski definition) is 1. The topological polar surface area (TPSA) is 55.2 Å². The van der Waals surface area contributed by atoms with Crippen molar-refractivity contribution in [2.24, 2.45) is 0 Å². The highest BCUT2D eigenvalue weighted by molar-refractivity contribution is 5.72. The highest BCUT2D eigenvalue weighted by atomic mass is 16.6. The van der Waals surface area contributed by atoms with E-state index >= 15 is 0 Å². The van der Waals surface area contributed by atoms with Crippen LogP contribution >= 0.6 is 0 Å². The molecular formula is C10H12N2O2. The zero-order valence-electron chi connectivity index (χ0n) is 7.99. The Morgan fingerprint density at radius 2 is 2.36 bits per heavy atom. The lowest BCUT2D eigenvalue weighted by molar-refractivity contribution is -0.384. The van der Waals surface area contributed by atoms with Gasteiger partial charge in [0.15, 0.2) is 0 Å². The summed E-state index contributed by atoms with van der Waals surface area (Å²) in [6.45, 7) is 6.09. The molecule has 0 aliphatic carbocycles. The van der Waals surface area contributed by atoms with Gasteiger partial charge in [0.2, 0.25) is 0 Å². The zero-order chi connectivity index (χ0) is 10.6. The van der Waals surface area contributed by atoms with E-state index in [0.717, 1.165) is 0 Å². The molecule has 1 rings (SSSR count). The van der Waals surface area contributed by atoms with Crippen molar-refractivity contribution < 1.29 is 4.92 Å². The third-order valence-electron chi connectivity index (χ3n) is 1.84. The molecule has 0 fully saturated rings. The van der Waals surface area contributed by atoms with Gasteiger partial charge in [-0.2, -0.15) is 0 Å². The molecular weight excluding hydrogens is 180 g/mol. The molecule has 0 radical (unpaired) electrons. The largest absolute Gasteiger partial charge is 0.380 e. The van der Waals surface area contributed by atoms with Crippen molar-refractivity contribution in [2.45, 2.75) is 6.92 Å². The summed E-state index contributed by atoms with van der Waals surface area (Å²) in [5.41, 5.74) is 1.16. The monoisotopic (exact) mass is 192 g/mol. The minimum atomic E-state index is -0.394. The maximum atomic E-state index is 10.8. The second-order valence-corrected chi connectivity index (χ2v) is 2.73. The van der Waals surface area contributed by atoms with E-state index in [9.17, 15) is 10.1 Å². The molecule has 74 valence electrons. The second-order valence-electron chi connectivity index (χ2n) is 2.73. The summed E-state index contributed by atoms with van der Waals surface area (Å²) >= 11 is 0. The number of para-hydroxylation sites is 1. The first-order valence-corrected chi connectivity index (χ1v) is 4.34. The van der Waals surface area contributed by atoms with E-state index < -0.39 is 4.92 Å². The fraction of sp³-hybridized carbons (Fsp3) is 0.200. The maximum absolute atomic E-state index is 10.8. The van der Waals surface area contributed by atoms with Crippen LogP contribution in [0.1, 0.15) is 12.5 Å². The Balaban J connectivity index is 3.27. The third-order valence-corrected chi connectivity index (χ3v) is 1.84. The molecule has 0 amide bonds. The first-order valence-electron chi connectivity index (χ1n) is 4.34. The number of nitrogens with zero attached hydrogens (tertiary/aromatic N) is 1. The summed E-state index contributed by atoms with van der Waals surface area (Å²) in [4.78, 5) is 10.4. The van der Waals surface area contributed by atoms with Crippen molar-refractivity contribution in [3.63, 3.8) is 0 Å². The van der Waals surface area contributed by atoms with Crippen molar-refractivity contribution in [1.29, 1.82) is 0 Å². The molecule has 14 heavy (non-hydrogen) atoms. The van der Waals surface area contributed by atoms with Crippen LogP contribution in [0.25, 0.3) is 6.08 Å². The van der Waals surface area contributed by atoms with Gasteiger partial charge in [0.1, 0.15) is 5.69 Å². The van der Waals surface area contributed by atoms with Crippen molar-refractivity contribution in [2.75, 3.05) is 11.9 Å². The summed E-state index contributed by atoms with van der Waals surface area (Å²) in [5, 5.41) is 13.7. The van der Waals surface area contributed by atoms with E-state index in [1.54, 1.807) is 18.2 Å². The molecule has 0 aliphatic heterocycles. The Labute approximate surface area is 82.4 Å². The van der Waals surface area contributed by atoms with Gasteiger partial charge in [-0.3, -0.25) is 10.1 Å². The number of hydrogen-bond acceptors (Lipinski definition) is 3. The van der Waals surface area contributed by atoms with Gasteiger partial charge in [0.05, 0.1) is 10.5 Å². The highest BCUT2D eigenvalue weighted by Crippen LogP contribution is 2.28. The standard InChI is InChI=1S/C10H12N2O2/c1-3-8-6-5-7-9(11-4-2)10(8)12(13)14/h3,5-7,11H,1,4H2,2H3. The Hall–Kier alpha value is -1.84. The van der Waals surface area contributed by atoms with Crippen LogP contribution in [0.3, 0.4) is 0 Å². The molecule has 4 heteroatoms. The smallest absolute Gasteiger partial charge is 0.299 e. The van der Waals surface area contributed by atoms with Gasteiger partial charge < -0.3 is 5.32 Å². The van der Waals surface area contributed by atoms with Crippen LogP contribution in [0.5, 0.6) is 0 Å². The van der Waals surface area contributed by atoms with Crippen LogP contribution in [-0.4, -0.2) is 11.5 Å². The molecule has 1 N–H and O–H groups in total. The van der Waals surface area contributed by atoms with Gasteiger partial charge in [-0.05, 0) is 19.1 Å². The van der Waals surface area contributed by atoms with Crippen LogP contribution in [0.15, 0.2) is 24.8 Å². The van der Waals surface area contributed by atoms with Crippen LogP contribution in [-0.2, 0) is 0 Å². The van der Waals surface area contributed by atoms with Crippen molar-refractivity contribution in [3.05, 3.63) is 40.5 Å². The molecule has 1 aromatic rings. The summed E-state index contributed by atoms with van der Waals surface area (Å²) in [5.74, 6) is 0. The molecule has 0 unspecified atom stereocenters. The van der Waals surface area contributed by atoms with E-state index in [2.05, 4.69) is 11.9 Å². The molecule has 0 atom stereocenters. The summed E-state index contributed by atoms with van der Waals surface area (Å²) in [6, 6.07) is 5.13. The first kappa shape index (κ1) is 10.2. The summed E-state index contributed by atoms with van der Waals surface area (Å²) in [7, 11) is 0. The SMILES string of the molecule is C=Cc1cccc(NCC)c1[N+](=O)[O-]. The highest BCUT2D eigenvalue weighted by Gasteiger charge is 2.16. The van der Waals surface area contributed by atoms with Crippen LogP contribution < -0.4 is 5.32 Å². The molecule has 0 aliphatic rings. The maximum Gasteiger partial charge on any atom is 0.299 e. The summed E-state index contributed by atoms with van der Waals surface area (Å²) < 4.78 is 0. The number of anilines is 1. The lowest BCUT2D eigenvalue weighted by Crippen LogP contribution is -2.02. The molecule has 0 bridgehead atoms. The van der Waals surface area contributed by atoms with Crippen LogP contribution in [0, 0.1) is 10.1 Å². The number of nitro benzene ring substituents is 1. The van der Waals surface area contributed by atoms with Gasteiger partial charge >= 0.3 is 0 Å². The summed E-state index contributed by atoms with van der Waals surface area (Å²) in [6.07, 6.45) is 1.49. The van der Waals surface area contributed by atoms with Crippen molar-refractivity contribution in [3.8, 4) is 0 Å². The number of nitrogens with one attached hydrogen (secondary N) is 1. The lowest BCUT2D eigenvalue weighted by atomic mass is 10.1. The number of nitro groups is 1. The van der Waals surface area contributed by atoms with Gasteiger partial charge in [0.25, 0.3) is 5.69 Å². The Morgan fingerprint density at radius 1 is 1.64 bits per heavy atom. The minimum Gasteiger partial charge on any atom is -0.380 e. The Kier molecular flexibility index (Phi) is 3.23. The molecule has 0 spiro atoms. The molecule has 0 heterocycles. The fourth-order valence-corrected chi connectivity index (χ4v) is 1.26. The zero-order valence-corrected chi connectivity index (χ0v) is 7.99. The average molecular weight is 192 g/mol. The Bertz CT molecular complexity index is 361. The lowest BCUT2D eigenvalue weighted by Gasteiger charge is -2.05. The van der Waals surface area contributed by atoms with Crippen LogP contribution in [0.2, 0.25) is 0 Å². The number of rotatable bonds is 4. The first-order chi connectivity index (χ1) is 6.70.